The molecule has 25 aromatic carbocycles. The largest absolute Gasteiger partial charge is 0.309 e. The zero-order valence-electron chi connectivity index (χ0n) is 76.1. The zero-order chi connectivity index (χ0) is 91.0. The van der Waals surface area contributed by atoms with Crippen molar-refractivity contribution in [1.29, 1.82) is 0 Å². The fraction of sp³-hybridized carbons (Fsp3) is 0.0222. The van der Waals surface area contributed by atoms with Gasteiger partial charge in [-0.3, -0.25) is 0 Å². The van der Waals surface area contributed by atoms with Crippen LogP contribution in [0.5, 0.6) is 0 Å². The lowest BCUT2D eigenvalue weighted by molar-refractivity contribution is 0.660. The molecule has 0 saturated heterocycles. The van der Waals surface area contributed by atoms with E-state index in [-0.39, 0.29) is 5.41 Å². The Balaban J connectivity index is 0.000000102. The zero-order valence-corrected chi connectivity index (χ0v) is 76.1. The summed E-state index contributed by atoms with van der Waals surface area (Å²) in [7, 11) is 0. The second-order valence-electron chi connectivity index (χ2n) is 37.9. The third kappa shape index (κ3) is 12.1. The number of para-hydroxylation sites is 6. The summed E-state index contributed by atoms with van der Waals surface area (Å²) in [5, 5.41) is 28.5. The summed E-state index contributed by atoms with van der Waals surface area (Å²) < 4.78 is 7.28. The molecule has 3 nitrogen and oxygen atoms in total. The van der Waals surface area contributed by atoms with Gasteiger partial charge >= 0.3 is 0 Å². The van der Waals surface area contributed by atoms with Crippen molar-refractivity contribution in [3.63, 3.8) is 0 Å². The maximum Gasteiger partial charge on any atom is 0.0619 e. The maximum atomic E-state index is 2.43. The highest BCUT2D eigenvalue weighted by atomic mass is 15.0. The lowest BCUT2D eigenvalue weighted by atomic mass is 9.81. The highest BCUT2D eigenvalue weighted by Gasteiger charge is 2.36. The van der Waals surface area contributed by atoms with E-state index in [1.807, 2.05) is 0 Å². The average Bonchev–Trinajstić information content (AvgIpc) is 1.26. The van der Waals surface area contributed by atoms with Crippen LogP contribution in [0.2, 0.25) is 0 Å². The first-order valence-corrected chi connectivity index (χ1v) is 48.1. The molecule has 0 amide bonds. The minimum atomic E-state index is -0.00483. The van der Waals surface area contributed by atoms with Crippen molar-refractivity contribution in [2.24, 2.45) is 0 Å². The fourth-order valence-corrected chi connectivity index (χ4v) is 24.1. The topological polar surface area (TPSA) is 14.8 Å². The van der Waals surface area contributed by atoms with E-state index in [0.29, 0.717) is 0 Å². The molecule has 0 radical (unpaired) electrons. The number of hydrogen-bond donors (Lipinski definition) is 0. The molecule has 3 heteroatoms. The summed E-state index contributed by atoms with van der Waals surface area (Å²) in [6.45, 7) is 4.70. The van der Waals surface area contributed by atoms with Crippen LogP contribution in [-0.2, 0) is 5.41 Å². The Labute approximate surface area is 798 Å². The van der Waals surface area contributed by atoms with Gasteiger partial charge < -0.3 is 13.7 Å². The number of benzene rings is 25. The summed E-state index contributed by atoms with van der Waals surface area (Å²) in [4.78, 5) is 0. The molecule has 0 unspecified atom stereocenters. The molecular formula is C135H87N3. The van der Waals surface area contributed by atoms with Gasteiger partial charge in [0.15, 0.2) is 0 Å². The highest BCUT2D eigenvalue weighted by Crippen LogP contribution is 2.54. The molecule has 28 aromatic rings. The Morgan fingerprint density at radius 2 is 0.428 bits per heavy atom. The molecule has 138 heavy (non-hydrogen) atoms. The Kier molecular flexibility index (Phi) is 17.8. The molecule has 0 N–H and O–H groups in total. The number of fused-ring (bicyclic) bond motifs is 23. The van der Waals surface area contributed by atoms with Crippen molar-refractivity contribution in [3.05, 3.63) is 503 Å². The van der Waals surface area contributed by atoms with Crippen LogP contribution in [-0.4, -0.2) is 13.7 Å². The van der Waals surface area contributed by atoms with Crippen molar-refractivity contribution >= 4 is 152 Å². The Morgan fingerprint density at radius 1 is 0.145 bits per heavy atom. The van der Waals surface area contributed by atoms with Crippen LogP contribution in [0.1, 0.15) is 25.0 Å². The average molecular weight is 1750 g/mol. The molecule has 642 valence electrons. The minimum absolute atomic E-state index is 0.00483. The standard InChI is InChI=1S/C48H29N.C44H27N.C43H31N/c1-2-13-33(14-3-1)49-45-22-7-6-16-36(45)44-29-43(35-15-4-5-17-42(35)48(44)49)31-25-23-30(24-26-31)34-27-28-41-39-19-9-12-32-11-8-18-38(46(32)39)40-21-10-20-37(34)47(40)41;1-2-11-30(12-3-1)45-42-20-9-8-16-35(42)41-27-40(34-15-6-7-17-39(34)44(41)45)29-23-21-28(22-24-29)31-25-26-38-33-14-5-4-13-32(33)37-19-10-18-36(31)43(37)38;1-43(2)39-18-10-8-15-33(39)34-25-24-30(26-40(34)43)28-20-22-29(23-21-28)37-27-38-35-16-9-11-19-41(35)44(31-12-4-3-5-13-31)42(38)36-17-7-6-14-32(36)37/h1-29H;1-27H;3-27H,1-2H3. The van der Waals surface area contributed by atoms with E-state index in [1.54, 1.807) is 0 Å². The molecule has 2 aliphatic rings. The van der Waals surface area contributed by atoms with Gasteiger partial charge in [-0.05, 0) is 260 Å². The monoisotopic (exact) mass is 1750 g/mol. The first-order chi connectivity index (χ1) is 68.3. The lowest BCUT2D eigenvalue weighted by Gasteiger charge is -2.22. The van der Waals surface area contributed by atoms with Crippen LogP contribution >= 0.6 is 0 Å². The molecule has 0 atom stereocenters. The van der Waals surface area contributed by atoms with E-state index in [9.17, 15) is 0 Å². The summed E-state index contributed by atoms with van der Waals surface area (Å²) in [6, 6.07) is 181. The summed E-state index contributed by atoms with van der Waals surface area (Å²) in [6.07, 6.45) is 0. The van der Waals surface area contributed by atoms with Crippen molar-refractivity contribution in [2.75, 3.05) is 0 Å². The summed E-state index contributed by atoms with van der Waals surface area (Å²) in [5.74, 6) is 0. The van der Waals surface area contributed by atoms with Crippen LogP contribution in [0.3, 0.4) is 0 Å². The van der Waals surface area contributed by atoms with Crippen LogP contribution in [0.4, 0.5) is 0 Å². The van der Waals surface area contributed by atoms with Gasteiger partial charge in [0, 0.05) is 71.0 Å². The van der Waals surface area contributed by atoms with E-state index in [2.05, 4.69) is 519 Å². The lowest BCUT2D eigenvalue weighted by Crippen LogP contribution is -2.14. The van der Waals surface area contributed by atoms with E-state index in [0.717, 1.165) is 0 Å². The van der Waals surface area contributed by atoms with Gasteiger partial charge in [0.2, 0.25) is 0 Å². The van der Waals surface area contributed by atoms with Crippen LogP contribution < -0.4 is 0 Å². The Morgan fingerprint density at radius 3 is 0.877 bits per heavy atom. The smallest absolute Gasteiger partial charge is 0.0619 e. The van der Waals surface area contributed by atoms with Gasteiger partial charge in [-0.2, -0.15) is 0 Å². The fourth-order valence-electron chi connectivity index (χ4n) is 24.1. The first-order valence-electron chi connectivity index (χ1n) is 48.1. The molecule has 30 rings (SSSR count). The van der Waals surface area contributed by atoms with Gasteiger partial charge in [0.05, 0.1) is 33.1 Å². The Hall–Kier alpha value is -17.8. The van der Waals surface area contributed by atoms with Crippen molar-refractivity contribution in [2.45, 2.75) is 19.3 Å². The molecule has 3 heterocycles. The van der Waals surface area contributed by atoms with Gasteiger partial charge in [-0.1, -0.05) is 426 Å². The third-order valence-electron chi connectivity index (χ3n) is 30.3. The predicted molar refractivity (Wildman–Crippen MR) is 588 cm³/mol. The van der Waals surface area contributed by atoms with E-state index in [4.69, 9.17) is 0 Å². The predicted octanol–water partition coefficient (Wildman–Crippen LogP) is 37.0. The third-order valence-corrected chi connectivity index (χ3v) is 30.3. The first kappa shape index (κ1) is 78.9. The van der Waals surface area contributed by atoms with Crippen LogP contribution in [0.15, 0.2) is 491 Å². The molecule has 2 aliphatic carbocycles. The second kappa shape index (κ2) is 31.2. The molecule has 0 aliphatic heterocycles. The highest BCUT2D eigenvalue weighted by molar-refractivity contribution is 6.35. The van der Waals surface area contributed by atoms with Crippen LogP contribution in [0, 0.1) is 0 Å². The van der Waals surface area contributed by atoms with Crippen LogP contribution in [0.25, 0.3) is 269 Å². The van der Waals surface area contributed by atoms with E-state index >= 15 is 0 Å². The normalized spacial score (nSPS) is 12.5. The number of nitrogens with zero attached hydrogens (tertiary/aromatic N) is 3. The number of aromatic nitrogens is 3. The molecule has 0 fully saturated rings. The molecular weight excluding hydrogens is 1660 g/mol. The molecule has 3 aromatic heterocycles. The number of hydrogen-bond acceptors (Lipinski definition) is 0. The van der Waals surface area contributed by atoms with Gasteiger partial charge in [-0.25, -0.2) is 0 Å². The summed E-state index contributed by atoms with van der Waals surface area (Å²) >= 11 is 0. The van der Waals surface area contributed by atoms with Gasteiger partial charge in [-0.15, -0.1) is 0 Å². The number of rotatable bonds is 9. The van der Waals surface area contributed by atoms with E-state index in [1.165, 1.54) is 280 Å². The minimum Gasteiger partial charge on any atom is -0.309 e. The van der Waals surface area contributed by atoms with Gasteiger partial charge in [0.25, 0.3) is 0 Å². The van der Waals surface area contributed by atoms with Crippen molar-refractivity contribution in [3.8, 4) is 117 Å². The van der Waals surface area contributed by atoms with Gasteiger partial charge in [0.1, 0.15) is 0 Å². The van der Waals surface area contributed by atoms with E-state index < -0.39 is 0 Å². The van der Waals surface area contributed by atoms with Crippen molar-refractivity contribution < 1.29 is 0 Å². The molecule has 0 bridgehead atoms. The second-order valence-corrected chi connectivity index (χ2v) is 37.9. The maximum absolute atomic E-state index is 2.43. The molecule has 0 spiro atoms. The summed E-state index contributed by atoms with van der Waals surface area (Å²) in [5.41, 5.74) is 36.9. The molecule has 0 saturated carbocycles. The Bertz CT molecular complexity index is 9800. The van der Waals surface area contributed by atoms with Crippen molar-refractivity contribution in [1.82, 2.24) is 13.7 Å². The quantitative estimate of drug-likeness (QED) is 0.101. The SMILES string of the molecule is CC1(C)c2ccccc2-c2ccc(-c3ccc(-c4cc5c6ccccc6n(-c6ccccc6)c5c5ccccc45)cc3)cc21.c1ccc(-n2c3ccccc3c3cc(-c4ccc(-c5ccc6c7c(cccc57)-c5ccccc5-6)cc4)c4ccccc4c32)cc1.c1ccc(-n2c3ccccc3c3cc(-c4ccc(-c5ccc6c7cccc8cccc(c9cccc5c96)c87)cc4)c4ccccc4c32)cc1.